The van der Waals surface area contributed by atoms with Crippen LogP contribution < -0.4 is 5.32 Å². The van der Waals surface area contributed by atoms with Crippen LogP contribution in [0.5, 0.6) is 0 Å². The molecule has 3 heterocycles. The third kappa shape index (κ3) is 2.79. The highest BCUT2D eigenvalue weighted by Crippen LogP contribution is 2.29. The standard InChI is InChI=1S/C11H10N4O2S2/c1-12-10-13-14-11(19-10)18-6-7-5-9(17-15-7)8-3-2-4-16-8/h2-5H,6H2,1H3,(H,12,13). The largest absolute Gasteiger partial charge is 0.461 e. The second-order valence-electron chi connectivity index (χ2n) is 3.57. The Bertz CT molecular complexity index is 647. The molecule has 1 N–H and O–H groups in total. The van der Waals surface area contributed by atoms with Crippen molar-refractivity contribution in [3.05, 3.63) is 30.2 Å². The summed E-state index contributed by atoms with van der Waals surface area (Å²) in [7, 11) is 1.82. The molecule has 0 saturated carbocycles. The van der Waals surface area contributed by atoms with Crippen LogP contribution >= 0.6 is 23.1 Å². The molecule has 0 unspecified atom stereocenters. The van der Waals surface area contributed by atoms with Crippen molar-refractivity contribution in [1.29, 1.82) is 0 Å². The third-order valence-corrected chi connectivity index (χ3v) is 4.39. The molecule has 0 radical (unpaired) electrons. The maximum Gasteiger partial charge on any atom is 0.206 e. The monoisotopic (exact) mass is 294 g/mol. The highest BCUT2D eigenvalue weighted by molar-refractivity contribution is 8.00. The van der Waals surface area contributed by atoms with E-state index in [-0.39, 0.29) is 0 Å². The van der Waals surface area contributed by atoms with Crippen molar-refractivity contribution >= 4 is 28.2 Å². The van der Waals surface area contributed by atoms with Gasteiger partial charge in [0, 0.05) is 18.9 Å². The summed E-state index contributed by atoms with van der Waals surface area (Å²) in [4.78, 5) is 0. The summed E-state index contributed by atoms with van der Waals surface area (Å²) < 4.78 is 11.4. The van der Waals surface area contributed by atoms with Crippen LogP contribution in [0.1, 0.15) is 5.69 Å². The van der Waals surface area contributed by atoms with Gasteiger partial charge in [-0.2, -0.15) is 0 Å². The van der Waals surface area contributed by atoms with Gasteiger partial charge in [0.1, 0.15) is 0 Å². The van der Waals surface area contributed by atoms with E-state index in [0.717, 1.165) is 15.2 Å². The topological polar surface area (TPSA) is 77.0 Å². The second-order valence-corrected chi connectivity index (χ2v) is 5.77. The van der Waals surface area contributed by atoms with Crippen molar-refractivity contribution in [2.75, 3.05) is 12.4 Å². The summed E-state index contributed by atoms with van der Waals surface area (Å²) in [5, 5.41) is 15.8. The zero-order chi connectivity index (χ0) is 13.1. The van der Waals surface area contributed by atoms with Crippen LogP contribution in [0.4, 0.5) is 5.13 Å². The minimum absolute atomic E-state index is 0.633. The molecule has 8 heteroatoms. The molecule has 0 aromatic carbocycles. The Balaban J connectivity index is 1.64. The molecule has 98 valence electrons. The fraction of sp³-hybridized carbons (Fsp3) is 0.182. The van der Waals surface area contributed by atoms with Crippen LogP contribution in [0.15, 0.2) is 37.7 Å². The summed E-state index contributed by atoms with van der Waals surface area (Å²) in [6.07, 6.45) is 1.60. The zero-order valence-corrected chi connectivity index (χ0v) is 11.6. The fourth-order valence-corrected chi connectivity index (χ4v) is 3.01. The molecule has 0 amide bonds. The molecule has 3 rings (SSSR count). The molecule has 0 saturated heterocycles. The smallest absolute Gasteiger partial charge is 0.206 e. The number of rotatable bonds is 5. The van der Waals surface area contributed by atoms with Crippen LogP contribution in [0, 0.1) is 0 Å². The van der Waals surface area contributed by atoms with Crippen molar-refractivity contribution in [3.8, 4) is 11.5 Å². The van der Waals surface area contributed by atoms with E-state index in [2.05, 4.69) is 20.7 Å². The van der Waals surface area contributed by atoms with Crippen molar-refractivity contribution in [3.63, 3.8) is 0 Å². The first-order valence-electron chi connectivity index (χ1n) is 5.48. The minimum atomic E-state index is 0.633. The lowest BCUT2D eigenvalue weighted by atomic mass is 10.3. The average molecular weight is 294 g/mol. The molecule has 0 fully saturated rings. The normalized spacial score (nSPS) is 10.8. The minimum Gasteiger partial charge on any atom is -0.461 e. The van der Waals surface area contributed by atoms with E-state index in [4.69, 9.17) is 8.94 Å². The first kappa shape index (κ1) is 12.2. The Morgan fingerprint density at radius 1 is 1.37 bits per heavy atom. The van der Waals surface area contributed by atoms with Gasteiger partial charge < -0.3 is 14.3 Å². The van der Waals surface area contributed by atoms with Gasteiger partial charge in [-0.15, -0.1) is 10.2 Å². The van der Waals surface area contributed by atoms with Crippen LogP contribution in [0.2, 0.25) is 0 Å². The van der Waals surface area contributed by atoms with Gasteiger partial charge in [0.15, 0.2) is 10.1 Å². The second kappa shape index (κ2) is 5.45. The number of anilines is 1. The number of hydrogen-bond donors (Lipinski definition) is 1. The highest BCUT2D eigenvalue weighted by Gasteiger charge is 2.10. The molecule has 19 heavy (non-hydrogen) atoms. The van der Waals surface area contributed by atoms with Crippen LogP contribution in [0.3, 0.4) is 0 Å². The van der Waals surface area contributed by atoms with E-state index >= 15 is 0 Å². The molecule has 6 nitrogen and oxygen atoms in total. The van der Waals surface area contributed by atoms with E-state index in [0.29, 0.717) is 17.3 Å². The number of thioether (sulfide) groups is 1. The summed E-state index contributed by atoms with van der Waals surface area (Å²) in [5.41, 5.74) is 0.845. The quantitative estimate of drug-likeness (QED) is 0.724. The summed E-state index contributed by atoms with van der Waals surface area (Å²) >= 11 is 3.08. The van der Waals surface area contributed by atoms with Gasteiger partial charge in [-0.1, -0.05) is 28.3 Å². The maximum atomic E-state index is 5.24. The molecular weight excluding hydrogens is 284 g/mol. The lowest BCUT2D eigenvalue weighted by Crippen LogP contribution is -1.84. The van der Waals surface area contributed by atoms with Gasteiger partial charge >= 0.3 is 0 Å². The zero-order valence-electron chi connectivity index (χ0n) is 9.99. The molecular formula is C11H10N4O2S2. The van der Waals surface area contributed by atoms with E-state index in [1.807, 2.05) is 25.2 Å². The van der Waals surface area contributed by atoms with Gasteiger partial charge in [0.25, 0.3) is 0 Å². The molecule has 0 aliphatic carbocycles. The van der Waals surface area contributed by atoms with Crippen molar-refractivity contribution in [1.82, 2.24) is 15.4 Å². The van der Waals surface area contributed by atoms with E-state index in [1.54, 1.807) is 18.0 Å². The van der Waals surface area contributed by atoms with Gasteiger partial charge in [0.05, 0.1) is 12.0 Å². The predicted molar refractivity (Wildman–Crippen MR) is 73.2 cm³/mol. The Morgan fingerprint density at radius 2 is 2.32 bits per heavy atom. The Kier molecular flexibility index (Phi) is 3.51. The SMILES string of the molecule is CNc1nnc(SCc2cc(-c3ccco3)on2)s1. The fourth-order valence-electron chi connectivity index (χ4n) is 1.42. The van der Waals surface area contributed by atoms with Gasteiger partial charge in [-0.25, -0.2) is 0 Å². The van der Waals surface area contributed by atoms with Crippen LogP contribution in [-0.2, 0) is 5.75 Å². The lowest BCUT2D eigenvalue weighted by molar-refractivity contribution is 0.413. The number of nitrogens with zero attached hydrogens (tertiary/aromatic N) is 3. The number of aromatic nitrogens is 3. The van der Waals surface area contributed by atoms with E-state index in [9.17, 15) is 0 Å². The van der Waals surface area contributed by atoms with Gasteiger partial charge in [0.2, 0.25) is 10.9 Å². The Morgan fingerprint density at radius 3 is 3.05 bits per heavy atom. The lowest BCUT2D eigenvalue weighted by Gasteiger charge is -1.90. The van der Waals surface area contributed by atoms with Crippen LogP contribution in [-0.4, -0.2) is 22.4 Å². The summed E-state index contributed by atoms with van der Waals surface area (Å²) in [6.45, 7) is 0. The molecule has 0 aliphatic rings. The average Bonchev–Trinajstić information content (AvgIpc) is 3.16. The van der Waals surface area contributed by atoms with E-state index < -0.39 is 0 Å². The molecule has 0 spiro atoms. The maximum absolute atomic E-state index is 5.24. The molecule has 0 atom stereocenters. The van der Waals surface area contributed by atoms with E-state index in [1.165, 1.54) is 11.3 Å². The van der Waals surface area contributed by atoms with Crippen LogP contribution in [0.25, 0.3) is 11.5 Å². The highest BCUT2D eigenvalue weighted by atomic mass is 32.2. The summed E-state index contributed by atoms with van der Waals surface area (Å²) in [5.74, 6) is 1.99. The first-order valence-corrected chi connectivity index (χ1v) is 7.29. The number of furan rings is 1. The molecule has 0 bridgehead atoms. The number of nitrogens with one attached hydrogen (secondary N) is 1. The Hall–Kier alpha value is -1.80. The molecule has 0 aliphatic heterocycles. The molecule has 3 aromatic heterocycles. The van der Waals surface area contributed by atoms with Crippen molar-refractivity contribution in [2.45, 2.75) is 10.1 Å². The number of hydrogen-bond acceptors (Lipinski definition) is 8. The molecule has 3 aromatic rings. The van der Waals surface area contributed by atoms with Gasteiger partial charge in [-0.05, 0) is 12.1 Å². The van der Waals surface area contributed by atoms with Crippen molar-refractivity contribution in [2.24, 2.45) is 0 Å². The third-order valence-electron chi connectivity index (χ3n) is 2.29. The first-order chi connectivity index (χ1) is 9.35. The van der Waals surface area contributed by atoms with Crippen molar-refractivity contribution < 1.29 is 8.94 Å². The van der Waals surface area contributed by atoms with Gasteiger partial charge in [-0.3, -0.25) is 0 Å². The summed E-state index contributed by atoms with van der Waals surface area (Å²) in [6, 6.07) is 5.51. The predicted octanol–water partition coefficient (Wildman–Crippen LogP) is 3.12. The Labute approximate surface area is 117 Å².